The Morgan fingerprint density at radius 2 is 2.04 bits per heavy atom. The van der Waals surface area contributed by atoms with Crippen molar-refractivity contribution in [2.24, 2.45) is 17.8 Å². The molecule has 2 heterocycles. The van der Waals surface area contributed by atoms with Crippen LogP contribution in [0, 0.1) is 0 Å². The standard InChI is InChI=1S/C20H20N6O/c1-26-12-22-15-8-7-13(10-18(15)26)9-16-19(27)25-20(23-16)24-17(11-21)14-5-3-2-4-6-14/h2-10,12,17H,11,21H2,1H3,(H2,23,24,25,27)/b16-9-/t17-/m0/s1. The Hall–Kier alpha value is -3.45. The van der Waals surface area contributed by atoms with Gasteiger partial charge in [-0.05, 0) is 29.3 Å². The third kappa shape index (κ3) is 3.45. The third-order valence-corrected chi connectivity index (χ3v) is 4.48. The number of fused-ring (bicyclic) bond motifs is 1. The zero-order chi connectivity index (χ0) is 18.8. The van der Waals surface area contributed by atoms with Gasteiger partial charge in [0, 0.05) is 13.6 Å². The van der Waals surface area contributed by atoms with Crippen LogP contribution in [0.2, 0.25) is 0 Å². The Morgan fingerprint density at radius 3 is 2.81 bits per heavy atom. The number of aliphatic imine (C=N–C) groups is 1. The number of carbonyl (C=O) groups excluding carboxylic acids is 1. The summed E-state index contributed by atoms with van der Waals surface area (Å²) < 4.78 is 1.94. The molecule has 1 atom stereocenters. The van der Waals surface area contributed by atoms with Gasteiger partial charge in [0.2, 0.25) is 5.96 Å². The molecule has 1 fully saturated rings. The summed E-state index contributed by atoms with van der Waals surface area (Å²) in [6.07, 6.45) is 3.56. The summed E-state index contributed by atoms with van der Waals surface area (Å²) in [7, 11) is 1.94. The molecule has 0 radical (unpaired) electrons. The zero-order valence-corrected chi connectivity index (χ0v) is 14.9. The molecule has 0 aliphatic carbocycles. The smallest absolute Gasteiger partial charge is 0.274 e. The molecular formula is C20H20N6O. The molecule has 4 N–H and O–H groups in total. The maximum Gasteiger partial charge on any atom is 0.274 e. The monoisotopic (exact) mass is 360 g/mol. The van der Waals surface area contributed by atoms with Gasteiger partial charge < -0.3 is 15.6 Å². The fourth-order valence-electron chi connectivity index (χ4n) is 3.05. The fraction of sp³-hybridized carbons (Fsp3) is 0.150. The van der Waals surface area contributed by atoms with Gasteiger partial charge in [0.15, 0.2) is 0 Å². The Bertz CT molecular complexity index is 1050. The van der Waals surface area contributed by atoms with Crippen molar-refractivity contribution in [2.45, 2.75) is 6.04 Å². The lowest BCUT2D eigenvalue weighted by atomic mass is 10.1. The van der Waals surface area contributed by atoms with E-state index in [4.69, 9.17) is 5.73 Å². The molecule has 2 aromatic carbocycles. The molecule has 1 aliphatic heterocycles. The molecule has 7 heteroatoms. The number of rotatable bonds is 4. The first-order valence-electron chi connectivity index (χ1n) is 8.68. The van der Waals surface area contributed by atoms with Gasteiger partial charge in [0.1, 0.15) is 5.70 Å². The first-order valence-corrected chi connectivity index (χ1v) is 8.68. The van der Waals surface area contributed by atoms with Gasteiger partial charge in [0.25, 0.3) is 5.91 Å². The molecule has 1 aromatic heterocycles. The van der Waals surface area contributed by atoms with Crippen LogP contribution in [0.3, 0.4) is 0 Å². The van der Waals surface area contributed by atoms with Gasteiger partial charge in [-0.2, -0.15) is 0 Å². The number of imidazole rings is 1. The lowest BCUT2D eigenvalue weighted by Gasteiger charge is -2.11. The first kappa shape index (κ1) is 17.0. The highest BCUT2D eigenvalue weighted by atomic mass is 16.2. The van der Waals surface area contributed by atoms with E-state index in [2.05, 4.69) is 20.6 Å². The van der Waals surface area contributed by atoms with Crippen molar-refractivity contribution in [3.05, 3.63) is 71.7 Å². The summed E-state index contributed by atoms with van der Waals surface area (Å²) in [5.41, 5.74) is 10.1. The van der Waals surface area contributed by atoms with Crippen molar-refractivity contribution < 1.29 is 4.79 Å². The second kappa shape index (κ2) is 7.05. The summed E-state index contributed by atoms with van der Waals surface area (Å²) in [6.45, 7) is 0.348. The van der Waals surface area contributed by atoms with Gasteiger partial charge in [0.05, 0.1) is 23.4 Å². The minimum absolute atomic E-state index is 0.220. The van der Waals surface area contributed by atoms with Gasteiger partial charge >= 0.3 is 0 Å². The molecule has 27 heavy (non-hydrogen) atoms. The molecule has 7 nitrogen and oxygen atoms in total. The quantitative estimate of drug-likeness (QED) is 0.617. The number of hydrogen-bond acceptors (Lipinski definition) is 4. The molecule has 0 spiro atoms. The lowest BCUT2D eigenvalue weighted by Crippen LogP contribution is -2.27. The van der Waals surface area contributed by atoms with Crippen LogP contribution in [0.25, 0.3) is 17.1 Å². The van der Waals surface area contributed by atoms with E-state index >= 15 is 0 Å². The first-order chi connectivity index (χ1) is 13.1. The molecular weight excluding hydrogens is 340 g/mol. The molecule has 1 amide bonds. The normalized spacial score (nSPS) is 18.1. The van der Waals surface area contributed by atoms with Crippen LogP contribution in [0.5, 0.6) is 0 Å². The number of guanidine groups is 1. The highest BCUT2D eigenvalue weighted by Crippen LogP contribution is 2.18. The number of nitrogens with two attached hydrogens (primary N) is 1. The number of nitrogens with one attached hydrogen (secondary N) is 2. The zero-order valence-electron chi connectivity index (χ0n) is 14.9. The largest absolute Gasteiger partial charge is 0.334 e. The Balaban J connectivity index is 1.59. The fourth-order valence-corrected chi connectivity index (χ4v) is 3.05. The van der Waals surface area contributed by atoms with Crippen LogP contribution < -0.4 is 16.4 Å². The maximum atomic E-state index is 12.3. The van der Waals surface area contributed by atoms with Gasteiger partial charge in [-0.1, -0.05) is 36.4 Å². The average molecular weight is 360 g/mol. The van der Waals surface area contributed by atoms with Gasteiger partial charge in [-0.3, -0.25) is 10.1 Å². The van der Waals surface area contributed by atoms with E-state index in [1.807, 2.05) is 60.1 Å². The number of benzene rings is 2. The van der Waals surface area contributed by atoms with E-state index in [0.717, 1.165) is 22.2 Å². The summed E-state index contributed by atoms with van der Waals surface area (Å²) in [5.74, 6) is 0.190. The molecule has 0 bridgehead atoms. The van der Waals surface area contributed by atoms with Crippen LogP contribution in [0.4, 0.5) is 0 Å². The number of carbonyl (C=O) groups is 1. The highest BCUT2D eigenvalue weighted by molar-refractivity contribution is 6.15. The maximum absolute atomic E-state index is 12.3. The van der Waals surface area contributed by atoms with E-state index in [1.165, 1.54) is 0 Å². The molecule has 136 valence electrons. The minimum Gasteiger partial charge on any atom is -0.334 e. The number of hydrogen-bond donors (Lipinski definition) is 3. The Morgan fingerprint density at radius 1 is 1.22 bits per heavy atom. The lowest BCUT2D eigenvalue weighted by molar-refractivity contribution is -0.115. The van der Waals surface area contributed by atoms with Crippen molar-refractivity contribution in [1.29, 1.82) is 0 Å². The van der Waals surface area contributed by atoms with Crippen molar-refractivity contribution in [3.8, 4) is 0 Å². The molecule has 0 saturated carbocycles. The topological polar surface area (TPSA) is 97.3 Å². The highest BCUT2D eigenvalue weighted by Gasteiger charge is 2.23. The van der Waals surface area contributed by atoms with Gasteiger partial charge in [-0.25, -0.2) is 9.98 Å². The van der Waals surface area contributed by atoms with E-state index < -0.39 is 0 Å². The summed E-state index contributed by atoms with van der Waals surface area (Å²) >= 11 is 0. The SMILES string of the molecule is Cn1cnc2ccc(/C=C3\NC(=N[C@@H](CN)c4ccccc4)NC3=O)cc21. The van der Waals surface area contributed by atoms with Crippen LogP contribution in [0.1, 0.15) is 17.2 Å². The Labute approximate surface area is 156 Å². The van der Waals surface area contributed by atoms with Crippen LogP contribution >= 0.6 is 0 Å². The molecule has 1 saturated heterocycles. The van der Waals surface area contributed by atoms with Crippen molar-refractivity contribution in [3.63, 3.8) is 0 Å². The van der Waals surface area contributed by atoms with E-state index in [0.29, 0.717) is 18.2 Å². The average Bonchev–Trinajstić information content (AvgIpc) is 3.23. The molecule has 4 rings (SSSR count). The van der Waals surface area contributed by atoms with Crippen LogP contribution in [-0.2, 0) is 11.8 Å². The second-order valence-corrected chi connectivity index (χ2v) is 6.38. The summed E-state index contributed by atoms with van der Waals surface area (Å²) in [5, 5.41) is 5.81. The predicted molar refractivity (Wildman–Crippen MR) is 106 cm³/mol. The van der Waals surface area contributed by atoms with E-state index in [-0.39, 0.29) is 11.9 Å². The number of nitrogens with zero attached hydrogens (tertiary/aromatic N) is 3. The Kier molecular flexibility index (Phi) is 4.43. The molecule has 1 aliphatic rings. The molecule has 0 unspecified atom stereocenters. The van der Waals surface area contributed by atoms with E-state index in [9.17, 15) is 4.79 Å². The number of aromatic nitrogens is 2. The summed E-state index contributed by atoms with van der Waals surface area (Å²) in [4.78, 5) is 21.2. The van der Waals surface area contributed by atoms with Crippen molar-refractivity contribution in [1.82, 2.24) is 20.2 Å². The summed E-state index contributed by atoms with van der Waals surface area (Å²) in [6, 6.07) is 15.4. The van der Waals surface area contributed by atoms with Crippen molar-refractivity contribution in [2.75, 3.05) is 6.54 Å². The minimum atomic E-state index is -0.223. The predicted octanol–water partition coefficient (Wildman–Crippen LogP) is 1.69. The van der Waals surface area contributed by atoms with Crippen LogP contribution in [-0.4, -0.2) is 28.0 Å². The van der Waals surface area contributed by atoms with E-state index in [1.54, 1.807) is 12.4 Å². The van der Waals surface area contributed by atoms with Gasteiger partial charge in [-0.15, -0.1) is 0 Å². The molecule has 3 aromatic rings. The van der Waals surface area contributed by atoms with Crippen molar-refractivity contribution >= 4 is 29.0 Å². The second-order valence-electron chi connectivity index (χ2n) is 6.38. The van der Waals surface area contributed by atoms with Crippen LogP contribution in [0.15, 0.2) is 65.5 Å². The number of aryl methyl sites for hydroxylation is 1. The number of amides is 1. The third-order valence-electron chi connectivity index (χ3n) is 4.48.